The third-order valence-electron chi connectivity index (χ3n) is 4.87. The van der Waals surface area contributed by atoms with E-state index in [0.29, 0.717) is 0 Å². The van der Waals surface area contributed by atoms with Crippen molar-refractivity contribution in [2.24, 2.45) is 0 Å². The predicted molar refractivity (Wildman–Crippen MR) is 106 cm³/mol. The molecule has 0 radical (unpaired) electrons. The summed E-state index contributed by atoms with van der Waals surface area (Å²) in [6.07, 6.45) is 0. The van der Waals surface area contributed by atoms with E-state index in [0.717, 1.165) is 38.7 Å². The van der Waals surface area contributed by atoms with Gasteiger partial charge in [0.15, 0.2) is 0 Å². The molecule has 1 aromatic heterocycles. The highest BCUT2D eigenvalue weighted by Crippen LogP contribution is 2.39. The Bertz CT molecular complexity index is 1200. The Morgan fingerprint density at radius 2 is 1.48 bits per heavy atom. The molecule has 0 unspecified atom stereocenters. The molecule has 0 saturated carbocycles. The van der Waals surface area contributed by atoms with Crippen molar-refractivity contribution in [1.29, 1.82) is 0 Å². The van der Waals surface area contributed by atoms with Crippen molar-refractivity contribution in [2.75, 3.05) is 11.9 Å². The Kier molecular flexibility index (Phi) is 3.04. The SMILES string of the molecule is CN(c1ccccc1)c1cccc2ccc3c4ccccc4oc3c12. The Morgan fingerprint density at radius 3 is 2.36 bits per heavy atom. The number of rotatable bonds is 2. The summed E-state index contributed by atoms with van der Waals surface area (Å²) in [4.78, 5) is 2.22. The fraction of sp³-hybridized carbons (Fsp3) is 0.0435. The Labute approximate surface area is 145 Å². The summed E-state index contributed by atoms with van der Waals surface area (Å²) in [5.41, 5.74) is 4.19. The highest BCUT2D eigenvalue weighted by molar-refractivity contribution is 6.18. The predicted octanol–water partition coefficient (Wildman–Crippen LogP) is 6.51. The minimum absolute atomic E-state index is 0.933. The first-order chi connectivity index (χ1) is 12.3. The van der Waals surface area contributed by atoms with E-state index in [9.17, 15) is 0 Å². The van der Waals surface area contributed by atoms with Crippen LogP contribution < -0.4 is 4.90 Å². The van der Waals surface area contributed by atoms with Gasteiger partial charge in [-0.15, -0.1) is 0 Å². The van der Waals surface area contributed by atoms with Crippen LogP contribution in [0.25, 0.3) is 32.7 Å². The van der Waals surface area contributed by atoms with Gasteiger partial charge < -0.3 is 9.32 Å². The molecule has 0 aliphatic carbocycles. The summed E-state index contributed by atoms with van der Waals surface area (Å²) >= 11 is 0. The summed E-state index contributed by atoms with van der Waals surface area (Å²) in [6.45, 7) is 0. The topological polar surface area (TPSA) is 16.4 Å². The number of nitrogens with zero attached hydrogens (tertiary/aromatic N) is 1. The molecule has 4 aromatic carbocycles. The summed E-state index contributed by atoms with van der Waals surface area (Å²) in [5.74, 6) is 0. The molecule has 0 spiro atoms. The minimum Gasteiger partial charge on any atom is -0.455 e. The Morgan fingerprint density at radius 1 is 0.680 bits per heavy atom. The molecule has 0 amide bonds. The van der Waals surface area contributed by atoms with Crippen LogP contribution in [0.1, 0.15) is 0 Å². The third kappa shape index (κ3) is 2.11. The molecule has 0 N–H and O–H groups in total. The van der Waals surface area contributed by atoms with Crippen LogP contribution in [0.3, 0.4) is 0 Å². The molecule has 0 saturated heterocycles. The molecule has 25 heavy (non-hydrogen) atoms. The molecule has 0 bridgehead atoms. The van der Waals surface area contributed by atoms with E-state index in [4.69, 9.17) is 4.42 Å². The lowest BCUT2D eigenvalue weighted by Crippen LogP contribution is -2.09. The number of hydrogen-bond acceptors (Lipinski definition) is 2. The molecule has 2 nitrogen and oxygen atoms in total. The molecule has 0 aliphatic rings. The van der Waals surface area contributed by atoms with Crippen LogP contribution in [0.2, 0.25) is 0 Å². The Hall–Kier alpha value is -3.26. The van der Waals surface area contributed by atoms with E-state index in [1.54, 1.807) is 0 Å². The van der Waals surface area contributed by atoms with Crippen molar-refractivity contribution in [1.82, 2.24) is 0 Å². The number of fused-ring (bicyclic) bond motifs is 5. The smallest absolute Gasteiger partial charge is 0.145 e. The van der Waals surface area contributed by atoms with E-state index in [-0.39, 0.29) is 0 Å². The maximum Gasteiger partial charge on any atom is 0.145 e. The van der Waals surface area contributed by atoms with Gasteiger partial charge in [-0.3, -0.25) is 0 Å². The lowest BCUT2D eigenvalue weighted by atomic mass is 10.0. The number of anilines is 2. The van der Waals surface area contributed by atoms with Gasteiger partial charge in [-0.25, -0.2) is 0 Å². The molecule has 2 heteroatoms. The largest absolute Gasteiger partial charge is 0.455 e. The summed E-state index contributed by atoms with van der Waals surface area (Å²) in [6, 6.07) is 29.4. The van der Waals surface area contributed by atoms with Crippen LogP contribution in [-0.4, -0.2) is 7.05 Å². The van der Waals surface area contributed by atoms with Crippen molar-refractivity contribution < 1.29 is 4.42 Å². The van der Waals surface area contributed by atoms with Gasteiger partial charge in [-0.2, -0.15) is 0 Å². The summed E-state index contributed by atoms with van der Waals surface area (Å²) in [7, 11) is 2.10. The standard InChI is InChI=1S/C23H17NO/c1-24(17-9-3-2-4-10-17)20-12-7-8-16-14-15-19-18-11-5-6-13-21(18)25-23(19)22(16)20/h2-15H,1H3. The molecular weight excluding hydrogens is 306 g/mol. The fourth-order valence-corrected chi connectivity index (χ4v) is 3.60. The van der Waals surface area contributed by atoms with Gasteiger partial charge in [0.25, 0.3) is 0 Å². The molecular formula is C23H17NO. The second-order valence-corrected chi connectivity index (χ2v) is 6.31. The number of hydrogen-bond donors (Lipinski definition) is 0. The van der Waals surface area contributed by atoms with Crippen molar-refractivity contribution in [2.45, 2.75) is 0 Å². The van der Waals surface area contributed by atoms with Gasteiger partial charge in [-0.1, -0.05) is 54.6 Å². The van der Waals surface area contributed by atoms with Gasteiger partial charge in [0.2, 0.25) is 0 Å². The number of benzene rings is 4. The van der Waals surface area contributed by atoms with E-state index in [2.05, 4.69) is 78.7 Å². The lowest BCUT2D eigenvalue weighted by molar-refractivity contribution is 0.672. The second-order valence-electron chi connectivity index (χ2n) is 6.31. The zero-order valence-electron chi connectivity index (χ0n) is 13.9. The molecule has 1 heterocycles. The third-order valence-corrected chi connectivity index (χ3v) is 4.87. The zero-order valence-corrected chi connectivity index (χ0v) is 13.9. The zero-order chi connectivity index (χ0) is 16.8. The molecule has 5 aromatic rings. The molecule has 120 valence electrons. The molecule has 0 fully saturated rings. The van der Waals surface area contributed by atoms with Crippen molar-refractivity contribution in [3.05, 3.63) is 84.9 Å². The van der Waals surface area contributed by atoms with Crippen molar-refractivity contribution in [3.8, 4) is 0 Å². The van der Waals surface area contributed by atoms with Gasteiger partial charge in [0.05, 0.1) is 5.69 Å². The van der Waals surface area contributed by atoms with E-state index in [1.807, 2.05) is 18.2 Å². The minimum atomic E-state index is 0.933. The van der Waals surface area contributed by atoms with E-state index < -0.39 is 0 Å². The first-order valence-electron chi connectivity index (χ1n) is 8.45. The average molecular weight is 323 g/mol. The lowest BCUT2D eigenvalue weighted by Gasteiger charge is -2.21. The van der Waals surface area contributed by atoms with Crippen LogP contribution in [0.15, 0.2) is 89.3 Å². The highest BCUT2D eigenvalue weighted by atomic mass is 16.3. The van der Waals surface area contributed by atoms with E-state index in [1.165, 1.54) is 5.39 Å². The summed E-state index contributed by atoms with van der Waals surface area (Å²) < 4.78 is 6.27. The number of furan rings is 1. The quantitative estimate of drug-likeness (QED) is 0.368. The van der Waals surface area contributed by atoms with Crippen LogP contribution in [0, 0.1) is 0 Å². The van der Waals surface area contributed by atoms with Gasteiger partial charge in [0, 0.05) is 28.9 Å². The van der Waals surface area contributed by atoms with Gasteiger partial charge in [-0.05, 0) is 35.7 Å². The summed E-state index contributed by atoms with van der Waals surface area (Å²) in [5, 5.41) is 4.67. The Balaban J connectivity index is 1.87. The van der Waals surface area contributed by atoms with E-state index >= 15 is 0 Å². The van der Waals surface area contributed by atoms with Crippen LogP contribution in [-0.2, 0) is 0 Å². The van der Waals surface area contributed by atoms with Crippen molar-refractivity contribution >= 4 is 44.1 Å². The maximum absolute atomic E-state index is 6.27. The van der Waals surface area contributed by atoms with Crippen molar-refractivity contribution in [3.63, 3.8) is 0 Å². The van der Waals surface area contributed by atoms with Crippen LogP contribution >= 0.6 is 0 Å². The first kappa shape index (κ1) is 14.1. The van der Waals surface area contributed by atoms with Crippen LogP contribution in [0.4, 0.5) is 11.4 Å². The number of para-hydroxylation sites is 2. The monoisotopic (exact) mass is 323 g/mol. The van der Waals surface area contributed by atoms with Gasteiger partial charge in [0.1, 0.15) is 11.2 Å². The molecule has 0 aliphatic heterocycles. The first-order valence-corrected chi connectivity index (χ1v) is 8.45. The normalized spacial score (nSPS) is 11.4. The second kappa shape index (κ2) is 5.38. The van der Waals surface area contributed by atoms with Gasteiger partial charge >= 0.3 is 0 Å². The average Bonchev–Trinajstić information content (AvgIpc) is 3.06. The maximum atomic E-state index is 6.27. The highest BCUT2D eigenvalue weighted by Gasteiger charge is 2.15. The van der Waals surface area contributed by atoms with Crippen LogP contribution in [0.5, 0.6) is 0 Å². The fourth-order valence-electron chi connectivity index (χ4n) is 3.60. The molecule has 5 rings (SSSR count). The molecule has 0 atom stereocenters.